The average molecular weight is 457 g/mol. The van der Waals surface area contributed by atoms with Crippen LogP contribution in [0.1, 0.15) is 5.56 Å². The van der Waals surface area contributed by atoms with Crippen molar-refractivity contribution in [3.05, 3.63) is 61.9 Å². The second-order valence-electron chi connectivity index (χ2n) is 4.47. The Morgan fingerprint density at radius 2 is 1.83 bits per heavy atom. The Balaban J connectivity index is 2.52. The van der Waals surface area contributed by atoms with E-state index in [0.29, 0.717) is 20.3 Å². The first kappa shape index (κ1) is 17.7. The lowest BCUT2D eigenvalue weighted by molar-refractivity contribution is 0.415. The molecule has 0 radical (unpaired) electrons. The van der Waals surface area contributed by atoms with Crippen LogP contribution in [0.3, 0.4) is 0 Å². The maximum atomic E-state index is 12.7. The number of hydrogen-bond donors (Lipinski definition) is 0. The van der Waals surface area contributed by atoms with Crippen LogP contribution >= 0.6 is 31.9 Å². The second kappa shape index (κ2) is 7.30. The van der Waals surface area contributed by atoms with Crippen LogP contribution in [-0.4, -0.2) is 15.5 Å². The molecule has 7 heteroatoms. The van der Waals surface area contributed by atoms with Gasteiger partial charge >= 0.3 is 0 Å². The van der Waals surface area contributed by atoms with Gasteiger partial charge in [-0.15, -0.1) is 0 Å². The van der Waals surface area contributed by atoms with Crippen molar-refractivity contribution < 1.29 is 13.2 Å². The van der Waals surface area contributed by atoms with Crippen LogP contribution in [0, 0.1) is 11.3 Å². The zero-order chi connectivity index (χ0) is 17.0. The highest BCUT2D eigenvalue weighted by Crippen LogP contribution is 2.30. The molecule has 0 atom stereocenters. The summed E-state index contributed by atoms with van der Waals surface area (Å²) in [5.74, 6) is 0.651. The summed E-state index contributed by atoms with van der Waals surface area (Å²) in [6.07, 6.45) is 1.34. The highest BCUT2D eigenvalue weighted by atomic mass is 79.9. The predicted molar refractivity (Wildman–Crippen MR) is 95.6 cm³/mol. The number of methoxy groups -OCH3 is 1. The van der Waals surface area contributed by atoms with E-state index in [1.165, 1.54) is 12.1 Å². The van der Waals surface area contributed by atoms with Crippen molar-refractivity contribution in [1.29, 1.82) is 5.26 Å². The van der Waals surface area contributed by atoms with Gasteiger partial charge in [-0.05, 0) is 57.9 Å². The Kier molecular flexibility index (Phi) is 5.63. The van der Waals surface area contributed by atoms with E-state index in [1.807, 2.05) is 0 Å². The van der Waals surface area contributed by atoms with E-state index in [9.17, 15) is 13.7 Å². The molecule has 118 valence electrons. The molecule has 0 spiro atoms. The number of nitrogens with zero attached hydrogens (tertiary/aromatic N) is 1. The van der Waals surface area contributed by atoms with E-state index in [4.69, 9.17) is 4.74 Å². The van der Waals surface area contributed by atoms with E-state index in [-0.39, 0.29) is 9.80 Å². The Hall–Kier alpha value is -1.62. The topological polar surface area (TPSA) is 67.2 Å². The lowest BCUT2D eigenvalue weighted by Gasteiger charge is -2.06. The van der Waals surface area contributed by atoms with Crippen LogP contribution in [0.4, 0.5) is 0 Å². The fourth-order valence-corrected chi connectivity index (χ4v) is 4.48. The molecule has 0 saturated heterocycles. The van der Waals surface area contributed by atoms with Crippen LogP contribution in [0.25, 0.3) is 6.08 Å². The third kappa shape index (κ3) is 4.02. The summed E-state index contributed by atoms with van der Waals surface area (Å²) in [5.41, 5.74) is 0.594. The number of hydrogen-bond acceptors (Lipinski definition) is 4. The Bertz CT molecular complexity index is 898. The molecule has 0 aliphatic heterocycles. The molecule has 0 aliphatic rings. The van der Waals surface area contributed by atoms with Crippen LogP contribution in [0.5, 0.6) is 5.75 Å². The van der Waals surface area contributed by atoms with Gasteiger partial charge in [-0.1, -0.05) is 28.1 Å². The van der Waals surface area contributed by atoms with Crippen LogP contribution in [0.2, 0.25) is 0 Å². The fourth-order valence-electron chi connectivity index (χ4n) is 1.82. The van der Waals surface area contributed by atoms with E-state index in [2.05, 4.69) is 31.9 Å². The molecule has 0 amide bonds. The first-order valence-electron chi connectivity index (χ1n) is 6.34. The Morgan fingerprint density at radius 3 is 2.39 bits per heavy atom. The van der Waals surface area contributed by atoms with Crippen molar-refractivity contribution in [1.82, 2.24) is 0 Å². The molecule has 0 saturated carbocycles. The van der Waals surface area contributed by atoms with Crippen molar-refractivity contribution >= 4 is 47.8 Å². The van der Waals surface area contributed by atoms with Gasteiger partial charge in [0.25, 0.3) is 0 Å². The average Bonchev–Trinajstić information content (AvgIpc) is 2.55. The number of rotatable bonds is 4. The first-order chi connectivity index (χ1) is 10.9. The molecular weight excluding hydrogens is 446 g/mol. The lowest BCUT2D eigenvalue weighted by Crippen LogP contribution is -2.04. The maximum absolute atomic E-state index is 12.7. The number of halogens is 2. The van der Waals surface area contributed by atoms with Crippen molar-refractivity contribution in [3.63, 3.8) is 0 Å². The molecule has 0 N–H and O–H groups in total. The van der Waals surface area contributed by atoms with Crippen LogP contribution in [0.15, 0.2) is 61.2 Å². The molecule has 0 unspecified atom stereocenters. The zero-order valence-electron chi connectivity index (χ0n) is 12.0. The van der Waals surface area contributed by atoms with Gasteiger partial charge in [0.2, 0.25) is 9.84 Å². The quantitative estimate of drug-likeness (QED) is 0.632. The van der Waals surface area contributed by atoms with Gasteiger partial charge in [-0.2, -0.15) is 5.26 Å². The van der Waals surface area contributed by atoms with Gasteiger partial charge in [0.15, 0.2) is 0 Å². The normalized spacial score (nSPS) is 11.8. The maximum Gasteiger partial charge on any atom is 0.217 e. The summed E-state index contributed by atoms with van der Waals surface area (Å²) >= 11 is 6.46. The van der Waals surface area contributed by atoms with Crippen LogP contribution in [-0.2, 0) is 9.84 Å². The molecule has 0 heterocycles. The monoisotopic (exact) mass is 455 g/mol. The molecule has 0 fully saturated rings. The standard InChI is InChI=1S/C16H11Br2NO3S/c1-22-13-5-2-11(3-6-13)8-14(10-19)23(20,21)16-9-12(17)4-7-15(16)18/h2-9H,1H3. The lowest BCUT2D eigenvalue weighted by atomic mass is 10.2. The van der Waals surface area contributed by atoms with E-state index >= 15 is 0 Å². The summed E-state index contributed by atoms with van der Waals surface area (Å²) in [5, 5.41) is 9.30. The summed E-state index contributed by atoms with van der Waals surface area (Å²) in [4.78, 5) is -0.297. The Labute approximate surface area is 151 Å². The smallest absolute Gasteiger partial charge is 0.217 e. The minimum Gasteiger partial charge on any atom is -0.497 e. The molecule has 0 aliphatic carbocycles. The molecule has 0 bridgehead atoms. The number of allylic oxidation sites excluding steroid dienone is 1. The number of benzene rings is 2. The predicted octanol–water partition coefficient (Wildman–Crippen LogP) is 4.56. The van der Waals surface area contributed by atoms with Crippen LogP contribution < -0.4 is 4.74 Å². The second-order valence-corrected chi connectivity index (χ2v) is 8.13. The highest BCUT2D eigenvalue weighted by molar-refractivity contribution is 9.11. The van der Waals surface area contributed by atoms with Gasteiger partial charge in [-0.3, -0.25) is 0 Å². The Morgan fingerprint density at radius 1 is 1.17 bits per heavy atom. The summed E-state index contributed by atoms with van der Waals surface area (Å²) in [6.45, 7) is 0. The first-order valence-corrected chi connectivity index (χ1v) is 9.41. The highest BCUT2D eigenvalue weighted by Gasteiger charge is 2.23. The molecule has 2 rings (SSSR count). The molecule has 2 aromatic rings. The molecule has 0 aromatic heterocycles. The molecular formula is C16H11Br2NO3S. The molecule has 4 nitrogen and oxygen atoms in total. The fraction of sp³-hybridized carbons (Fsp3) is 0.0625. The van der Waals surface area contributed by atoms with Crippen molar-refractivity contribution in [2.75, 3.05) is 7.11 Å². The third-order valence-corrected chi connectivity index (χ3v) is 6.15. The van der Waals surface area contributed by atoms with Crippen molar-refractivity contribution in [2.45, 2.75) is 4.90 Å². The van der Waals surface area contributed by atoms with Gasteiger partial charge in [-0.25, -0.2) is 8.42 Å². The van der Waals surface area contributed by atoms with E-state index in [1.54, 1.807) is 49.6 Å². The minimum atomic E-state index is -3.93. The van der Waals surface area contributed by atoms with Crippen molar-refractivity contribution in [3.8, 4) is 11.8 Å². The van der Waals surface area contributed by atoms with Gasteiger partial charge in [0.1, 0.15) is 16.7 Å². The van der Waals surface area contributed by atoms with Gasteiger partial charge in [0.05, 0.1) is 12.0 Å². The number of sulfone groups is 1. The summed E-state index contributed by atoms with van der Waals surface area (Å²) in [7, 11) is -2.38. The van der Waals surface area contributed by atoms with E-state index < -0.39 is 9.84 Å². The molecule has 2 aromatic carbocycles. The molecule has 23 heavy (non-hydrogen) atoms. The van der Waals surface area contributed by atoms with Crippen molar-refractivity contribution in [2.24, 2.45) is 0 Å². The summed E-state index contributed by atoms with van der Waals surface area (Å²) in [6, 6.07) is 13.3. The van der Waals surface area contributed by atoms with Gasteiger partial charge in [0, 0.05) is 8.95 Å². The van der Waals surface area contributed by atoms with E-state index in [0.717, 1.165) is 0 Å². The minimum absolute atomic E-state index is 0.0354. The number of ether oxygens (including phenoxy) is 1. The zero-order valence-corrected chi connectivity index (χ0v) is 15.9. The SMILES string of the molecule is COc1ccc(C=C(C#N)S(=O)(=O)c2cc(Br)ccc2Br)cc1. The third-order valence-electron chi connectivity index (χ3n) is 3.00. The summed E-state index contributed by atoms with van der Waals surface area (Å²) < 4.78 is 31.5. The van der Waals surface area contributed by atoms with Gasteiger partial charge < -0.3 is 4.74 Å². The largest absolute Gasteiger partial charge is 0.497 e. The number of nitriles is 1.